The lowest BCUT2D eigenvalue weighted by atomic mass is 9.99. The summed E-state index contributed by atoms with van der Waals surface area (Å²) in [6.45, 7) is 4.39. The van der Waals surface area contributed by atoms with E-state index in [-0.39, 0.29) is 42.0 Å². The molecule has 2 aromatic carbocycles. The third kappa shape index (κ3) is 7.13. The van der Waals surface area contributed by atoms with Crippen LogP contribution in [0.3, 0.4) is 0 Å². The van der Waals surface area contributed by atoms with E-state index in [4.69, 9.17) is 21.3 Å². The number of hydrogen-bond acceptors (Lipinski definition) is 11. The average molecular weight is 771 g/mol. The number of aliphatic imine (C=N–C) groups is 1. The Balaban J connectivity index is 0.894. The van der Waals surface area contributed by atoms with Crippen molar-refractivity contribution in [1.82, 2.24) is 35.6 Å². The maximum absolute atomic E-state index is 13.2. The van der Waals surface area contributed by atoms with E-state index in [0.717, 1.165) is 37.2 Å². The fraction of sp³-hybridized carbons (Fsp3) is 0.324. The average Bonchev–Trinajstić information content (AvgIpc) is 3.80. The molecule has 1 saturated heterocycles. The van der Waals surface area contributed by atoms with Crippen LogP contribution in [0.5, 0.6) is 5.75 Å². The molecule has 7 rings (SSSR count). The second-order valence-electron chi connectivity index (χ2n) is 13.0. The maximum atomic E-state index is 13.2. The number of fused-ring (bicyclic) bond motifs is 4. The first-order valence-corrected chi connectivity index (χ1v) is 18.6. The number of amides is 6. The number of piperidine rings is 1. The molecule has 2 atom stereocenters. The van der Waals surface area contributed by atoms with Crippen molar-refractivity contribution in [3.05, 3.63) is 92.3 Å². The van der Waals surface area contributed by atoms with Crippen LogP contribution < -0.4 is 20.7 Å². The third-order valence-corrected chi connectivity index (χ3v) is 11.0. The molecule has 3 aliphatic rings. The van der Waals surface area contributed by atoms with E-state index in [0.29, 0.717) is 36.8 Å². The number of benzene rings is 2. The number of unbranched alkanes of at least 4 members (excludes halogenated alkanes) is 1. The van der Waals surface area contributed by atoms with Crippen molar-refractivity contribution in [2.45, 2.75) is 58.0 Å². The van der Waals surface area contributed by atoms with Gasteiger partial charge in [0.1, 0.15) is 29.2 Å². The summed E-state index contributed by atoms with van der Waals surface area (Å²) in [6.07, 6.45) is 2.89. The first kappa shape index (κ1) is 36.6. The van der Waals surface area contributed by atoms with Gasteiger partial charge in [0.15, 0.2) is 12.4 Å². The van der Waals surface area contributed by atoms with Crippen molar-refractivity contribution in [3.63, 3.8) is 0 Å². The fourth-order valence-corrected chi connectivity index (χ4v) is 7.94. The highest BCUT2D eigenvalue weighted by Crippen LogP contribution is 2.39. The van der Waals surface area contributed by atoms with E-state index in [1.54, 1.807) is 17.7 Å². The zero-order valence-corrected chi connectivity index (χ0v) is 30.9. The Hall–Kier alpha value is -5.74. The molecular formula is C37H35ClN8O7S. The van der Waals surface area contributed by atoms with Crippen LogP contribution in [-0.4, -0.2) is 86.6 Å². The summed E-state index contributed by atoms with van der Waals surface area (Å²) in [5.74, 6) is -2.61. The first-order valence-electron chi connectivity index (χ1n) is 17.4. The zero-order chi connectivity index (χ0) is 38.1. The quantitative estimate of drug-likeness (QED) is 0.143. The Bertz CT molecular complexity index is 2230. The molecule has 15 nitrogen and oxygen atoms in total. The van der Waals surface area contributed by atoms with Crippen LogP contribution in [0.2, 0.25) is 5.02 Å². The monoisotopic (exact) mass is 770 g/mol. The molecule has 0 radical (unpaired) electrons. The van der Waals surface area contributed by atoms with Gasteiger partial charge in [0.2, 0.25) is 17.7 Å². The number of thiophene rings is 1. The smallest absolute Gasteiger partial charge is 0.266 e. The lowest BCUT2D eigenvalue weighted by Crippen LogP contribution is -2.54. The van der Waals surface area contributed by atoms with Gasteiger partial charge >= 0.3 is 0 Å². The number of hydrogen-bond donors (Lipinski definition) is 3. The standard InChI is InChI=1S/C37H35ClN8O7S/c1-19-20(2)54-37-30(19)32(21-8-10-22(38)11-9-21)42-24(33-44-41-18-45(33)37)16-28(48)39-14-3-4-15-40-29(49)17-53-26-7-5-6-23-31(26)36(52)46(35(23)51)25-12-13-27(47)43-34(25)50/h5-11,18,24-25H,3-4,12-17H2,1-2H3,(H,39,48)(H,40,49)(H,43,47,50)/t24-,25?/m0/s1. The van der Waals surface area contributed by atoms with Crippen LogP contribution >= 0.6 is 22.9 Å². The van der Waals surface area contributed by atoms with Crippen molar-refractivity contribution in [3.8, 4) is 10.8 Å². The number of carbonyl (C=O) groups is 6. The molecule has 4 aromatic rings. The van der Waals surface area contributed by atoms with Crippen molar-refractivity contribution in [2.75, 3.05) is 19.7 Å². The zero-order valence-electron chi connectivity index (χ0n) is 29.3. The van der Waals surface area contributed by atoms with Gasteiger partial charge < -0.3 is 15.4 Å². The van der Waals surface area contributed by atoms with Gasteiger partial charge in [-0.05, 0) is 62.9 Å². The summed E-state index contributed by atoms with van der Waals surface area (Å²) < 4.78 is 7.55. The molecule has 3 aliphatic heterocycles. The number of carbonyl (C=O) groups excluding carboxylic acids is 6. The molecule has 1 unspecified atom stereocenters. The van der Waals surface area contributed by atoms with E-state index in [1.807, 2.05) is 28.8 Å². The number of imide groups is 2. The number of halogens is 1. The maximum Gasteiger partial charge on any atom is 0.266 e. The highest BCUT2D eigenvalue weighted by Gasteiger charge is 2.46. The molecule has 0 spiro atoms. The van der Waals surface area contributed by atoms with Gasteiger partial charge in [0.05, 0.1) is 23.3 Å². The predicted octanol–water partition coefficient (Wildman–Crippen LogP) is 3.37. The third-order valence-electron chi connectivity index (χ3n) is 9.51. The SMILES string of the molecule is Cc1sc2c(c1C)C(c1ccc(Cl)cc1)=N[C@@H](CC(=O)NCCCCNC(=O)COc1cccc3c1C(=O)N(C1CCC(=O)NC1=O)C3=O)c1nncn1-2. The molecule has 3 N–H and O–H groups in total. The lowest BCUT2D eigenvalue weighted by Gasteiger charge is -2.27. The summed E-state index contributed by atoms with van der Waals surface area (Å²) in [4.78, 5) is 83.1. The van der Waals surface area contributed by atoms with Gasteiger partial charge in [0, 0.05) is 40.5 Å². The Kier molecular flexibility index (Phi) is 10.4. The summed E-state index contributed by atoms with van der Waals surface area (Å²) in [6, 6.07) is 10.2. The van der Waals surface area contributed by atoms with Gasteiger partial charge in [-0.3, -0.25) is 48.5 Å². The molecule has 0 saturated carbocycles. The van der Waals surface area contributed by atoms with Crippen LogP contribution in [0, 0.1) is 13.8 Å². The summed E-state index contributed by atoms with van der Waals surface area (Å²) in [5.41, 5.74) is 3.74. The molecule has 0 aliphatic carbocycles. The molecule has 6 amide bonds. The van der Waals surface area contributed by atoms with Crippen molar-refractivity contribution < 1.29 is 33.5 Å². The van der Waals surface area contributed by atoms with Gasteiger partial charge in [-0.1, -0.05) is 29.8 Å². The molecule has 0 bridgehead atoms. The highest BCUT2D eigenvalue weighted by molar-refractivity contribution is 7.15. The second-order valence-corrected chi connectivity index (χ2v) is 14.7. The summed E-state index contributed by atoms with van der Waals surface area (Å²) in [5, 5.41) is 17.9. The summed E-state index contributed by atoms with van der Waals surface area (Å²) >= 11 is 7.81. The van der Waals surface area contributed by atoms with Crippen LogP contribution in [0.25, 0.3) is 5.00 Å². The summed E-state index contributed by atoms with van der Waals surface area (Å²) in [7, 11) is 0. The van der Waals surface area contributed by atoms with Crippen molar-refractivity contribution >= 4 is 64.1 Å². The number of nitrogens with zero attached hydrogens (tertiary/aromatic N) is 5. The van der Waals surface area contributed by atoms with E-state index in [2.05, 4.69) is 40.0 Å². The van der Waals surface area contributed by atoms with Crippen LogP contribution in [0.15, 0.2) is 53.8 Å². The predicted molar refractivity (Wildman–Crippen MR) is 197 cm³/mol. The Morgan fingerprint density at radius 1 is 0.981 bits per heavy atom. The minimum atomic E-state index is -1.11. The first-order chi connectivity index (χ1) is 26.0. The number of ether oxygens (including phenoxy) is 1. The number of aromatic nitrogens is 3. The van der Waals surface area contributed by atoms with Gasteiger partial charge in [0.25, 0.3) is 17.7 Å². The lowest BCUT2D eigenvalue weighted by molar-refractivity contribution is -0.136. The van der Waals surface area contributed by atoms with E-state index in [9.17, 15) is 28.8 Å². The molecule has 17 heteroatoms. The minimum Gasteiger partial charge on any atom is -0.483 e. The van der Waals surface area contributed by atoms with Gasteiger partial charge in [-0.2, -0.15) is 0 Å². The van der Waals surface area contributed by atoms with Crippen molar-refractivity contribution in [2.24, 2.45) is 4.99 Å². The van der Waals surface area contributed by atoms with E-state index >= 15 is 0 Å². The second kappa shape index (κ2) is 15.3. The Morgan fingerprint density at radius 3 is 2.46 bits per heavy atom. The topological polar surface area (TPSA) is 194 Å². The molecule has 5 heterocycles. The molecular weight excluding hydrogens is 736 g/mol. The van der Waals surface area contributed by atoms with Gasteiger partial charge in [-0.15, -0.1) is 21.5 Å². The highest BCUT2D eigenvalue weighted by atomic mass is 35.5. The fourth-order valence-electron chi connectivity index (χ4n) is 6.68. The molecule has 278 valence electrons. The van der Waals surface area contributed by atoms with Crippen molar-refractivity contribution in [1.29, 1.82) is 0 Å². The normalized spacial score (nSPS) is 17.6. The molecule has 54 heavy (non-hydrogen) atoms. The molecule has 1 fully saturated rings. The van der Waals surface area contributed by atoms with Crippen LogP contribution in [-0.2, 0) is 19.2 Å². The van der Waals surface area contributed by atoms with Crippen LogP contribution in [0.4, 0.5) is 0 Å². The van der Waals surface area contributed by atoms with Gasteiger partial charge in [-0.25, -0.2) is 0 Å². The number of nitrogens with one attached hydrogen (secondary N) is 3. The number of rotatable bonds is 12. The van der Waals surface area contributed by atoms with Crippen LogP contribution in [0.1, 0.15) is 86.3 Å². The molecule has 2 aromatic heterocycles. The Morgan fingerprint density at radius 2 is 1.72 bits per heavy atom. The largest absolute Gasteiger partial charge is 0.483 e. The Labute approximate surface area is 318 Å². The minimum absolute atomic E-state index is 0.00305. The van der Waals surface area contributed by atoms with E-state index < -0.39 is 48.2 Å². The van der Waals surface area contributed by atoms with E-state index in [1.165, 1.54) is 18.2 Å². The number of aryl methyl sites for hydroxylation is 1.